The Hall–Kier alpha value is -1.64. The molecule has 0 N–H and O–H groups in total. The topological polar surface area (TPSA) is 58.4 Å². The molecule has 0 radical (unpaired) electrons. The number of rotatable bonds is 5. The molecule has 1 aliphatic rings. The van der Waals surface area contributed by atoms with E-state index in [0.29, 0.717) is 20.0 Å². The molecule has 2 heterocycles. The lowest BCUT2D eigenvalue weighted by molar-refractivity contribution is -0.171. The lowest BCUT2D eigenvalue weighted by Gasteiger charge is -2.32. The first-order chi connectivity index (χ1) is 17.4. The van der Waals surface area contributed by atoms with E-state index in [1.807, 2.05) is 0 Å². The summed E-state index contributed by atoms with van der Waals surface area (Å²) < 4.78 is 108. The highest BCUT2D eigenvalue weighted by Crippen LogP contribution is 2.47. The van der Waals surface area contributed by atoms with Crippen LogP contribution in [-0.2, 0) is 16.6 Å². The van der Waals surface area contributed by atoms with Crippen molar-refractivity contribution in [3.63, 3.8) is 0 Å². The van der Waals surface area contributed by atoms with E-state index in [2.05, 4.69) is 4.98 Å². The molecule has 0 saturated heterocycles. The number of alkyl halides is 6. The molecule has 1 aliphatic heterocycles. The van der Waals surface area contributed by atoms with Crippen molar-refractivity contribution >= 4 is 79.1 Å². The minimum absolute atomic E-state index is 0.0550. The van der Waals surface area contributed by atoms with Crippen molar-refractivity contribution in [2.75, 3.05) is 24.2 Å². The van der Waals surface area contributed by atoms with Crippen LogP contribution < -0.4 is 4.90 Å². The summed E-state index contributed by atoms with van der Waals surface area (Å²) in [6.07, 6.45) is -10.2. The number of hydrogen-bond acceptors (Lipinski definition) is 4. The summed E-state index contributed by atoms with van der Waals surface area (Å²) in [5.41, 5.74) is -0.652. The second-order valence-corrected chi connectivity index (χ2v) is 12.1. The van der Waals surface area contributed by atoms with E-state index >= 15 is 0 Å². The van der Waals surface area contributed by atoms with Crippen molar-refractivity contribution in [2.45, 2.75) is 31.4 Å². The average Bonchev–Trinajstić information content (AvgIpc) is 3.14. The molecule has 17 heteroatoms. The number of halogens is 10. The Balaban J connectivity index is 1.96. The van der Waals surface area contributed by atoms with Crippen LogP contribution in [0.25, 0.3) is 11.0 Å². The average molecular weight is 644 g/mol. The molecule has 2 aromatic carbocycles. The lowest BCUT2D eigenvalue weighted by atomic mass is 10.0. The summed E-state index contributed by atoms with van der Waals surface area (Å²) in [4.78, 5) is 5.97. The quantitative estimate of drug-likeness (QED) is 0.269. The Morgan fingerprint density at radius 1 is 1.00 bits per heavy atom. The first-order valence-electron chi connectivity index (χ1n) is 10.6. The molecule has 6 nitrogen and oxygen atoms in total. The van der Waals surface area contributed by atoms with Crippen LogP contribution in [0.3, 0.4) is 0 Å². The summed E-state index contributed by atoms with van der Waals surface area (Å²) in [6, 6.07) is 1.88. The Morgan fingerprint density at radius 3 is 2.16 bits per heavy atom. The smallest absolute Gasteiger partial charge is 0.309 e. The van der Waals surface area contributed by atoms with Gasteiger partial charge in [-0.15, -0.1) is 0 Å². The number of hydrogen-bond donors (Lipinski definition) is 0. The molecule has 1 atom stereocenters. The maximum Gasteiger partial charge on any atom is 0.409 e. The highest BCUT2D eigenvalue weighted by atomic mass is 35.5. The molecule has 0 amide bonds. The summed E-state index contributed by atoms with van der Waals surface area (Å²) in [6.45, 7) is 0.446. The molecular formula is C21H16Cl4F6N4O2S. The van der Waals surface area contributed by atoms with Crippen molar-refractivity contribution < 1.29 is 34.8 Å². The van der Waals surface area contributed by atoms with Crippen LogP contribution in [0, 0.1) is 0 Å². The minimum Gasteiger partial charge on any atom is -0.309 e. The molecule has 1 unspecified atom stereocenters. The molecule has 208 valence electrons. The SMILES string of the molecule is CN(C(c1ccc(Cl)c2nc3n(c12)CCCN3c1c(Cl)cc(Cl)cc1Cl)C(F)(F)F)S(=O)(=O)CC(F)(F)F. The van der Waals surface area contributed by atoms with Gasteiger partial charge in [0.1, 0.15) is 11.6 Å². The largest absolute Gasteiger partial charge is 0.409 e. The third-order valence-electron chi connectivity index (χ3n) is 5.87. The van der Waals surface area contributed by atoms with Gasteiger partial charge in [0.2, 0.25) is 16.0 Å². The summed E-state index contributed by atoms with van der Waals surface area (Å²) in [7, 11) is -4.98. The van der Waals surface area contributed by atoms with Gasteiger partial charge >= 0.3 is 12.4 Å². The van der Waals surface area contributed by atoms with Crippen LogP contribution in [-0.4, -0.2) is 54.0 Å². The molecule has 0 spiro atoms. The molecule has 0 aliphatic carbocycles. The number of aromatic nitrogens is 2. The zero-order valence-corrected chi connectivity index (χ0v) is 22.8. The van der Waals surface area contributed by atoms with Gasteiger partial charge in [-0.05, 0) is 24.6 Å². The van der Waals surface area contributed by atoms with Gasteiger partial charge in [-0.1, -0.05) is 52.5 Å². The summed E-state index contributed by atoms with van der Waals surface area (Å²) >= 11 is 25.0. The third kappa shape index (κ3) is 5.50. The van der Waals surface area contributed by atoms with Gasteiger partial charge in [0.15, 0.2) is 5.75 Å². The van der Waals surface area contributed by atoms with Gasteiger partial charge in [-0.2, -0.15) is 30.6 Å². The number of anilines is 2. The Kier molecular flexibility index (Phi) is 7.78. The molecule has 3 aromatic rings. The fourth-order valence-corrected chi connectivity index (χ4v) is 6.79. The van der Waals surface area contributed by atoms with Crippen LogP contribution in [0.5, 0.6) is 0 Å². The molecule has 4 rings (SSSR count). The predicted octanol–water partition coefficient (Wildman–Crippen LogP) is 7.62. The zero-order valence-electron chi connectivity index (χ0n) is 19.0. The van der Waals surface area contributed by atoms with Crippen LogP contribution >= 0.6 is 46.4 Å². The van der Waals surface area contributed by atoms with Crippen molar-refractivity contribution in [1.82, 2.24) is 13.9 Å². The maximum atomic E-state index is 14.4. The Bertz CT molecular complexity index is 1490. The molecule has 0 fully saturated rings. The van der Waals surface area contributed by atoms with E-state index in [0.717, 1.165) is 12.1 Å². The van der Waals surface area contributed by atoms with E-state index in [4.69, 9.17) is 46.4 Å². The van der Waals surface area contributed by atoms with Crippen molar-refractivity contribution in [3.8, 4) is 0 Å². The van der Waals surface area contributed by atoms with Crippen LogP contribution in [0.1, 0.15) is 18.0 Å². The van der Waals surface area contributed by atoms with E-state index in [-0.39, 0.29) is 53.6 Å². The first kappa shape index (κ1) is 29.3. The van der Waals surface area contributed by atoms with E-state index in [1.165, 1.54) is 16.7 Å². The lowest BCUT2D eigenvalue weighted by Crippen LogP contribution is -2.43. The second kappa shape index (κ2) is 10.1. The summed E-state index contributed by atoms with van der Waals surface area (Å²) in [5, 5.41) is 0.470. The van der Waals surface area contributed by atoms with Crippen LogP contribution in [0.2, 0.25) is 20.1 Å². The van der Waals surface area contributed by atoms with E-state index < -0.39 is 39.7 Å². The monoisotopic (exact) mass is 642 g/mol. The van der Waals surface area contributed by atoms with Gasteiger partial charge in [0.25, 0.3) is 0 Å². The fraction of sp³-hybridized carbons (Fsp3) is 0.381. The summed E-state index contributed by atoms with van der Waals surface area (Å²) in [5.74, 6) is -2.36. The predicted molar refractivity (Wildman–Crippen MR) is 134 cm³/mol. The first-order valence-corrected chi connectivity index (χ1v) is 13.7. The number of sulfonamides is 1. The van der Waals surface area contributed by atoms with Crippen molar-refractivity contribution in [1.29, 1.82) is 0 Å². The van der Waals surface area contributed by atoms with Gasteiger partial charge < -0.3 is 9.47 Å². The van der Waals surface area contributed by atoms with Crippen LogP contribution in [0.4, 0.5) is 38.0 Å². The van der Waals surface area contributed by atoms with Gasteiger partial charge in [0.05, 0.1) is 26.3 Å². The highest BCUT2D eigenvalue weighted by Gasteiger charge is 2.51. The fourth-order valence-electron chi connectivity index (χ4n) is 4.40. The number of nitrogens with zero attached hydrogens (tertiary/aromatic N) is 4. The van der Waals surface area contributed by atoms with Crippen molar-refractivity contribution in [3.05, 3.63) is 49.9 Å². The normalized spacial score (nSPS) is 15.8. The molecule has 38 heavy (non-hydrogen) atoms. The van der Waals surface area contributed by atoms with Gasteiger partial charge in [-0.3, -0.25) is 0 Å². The molecule has 0 saturated carbocycles. The highest BCUT2D eigenvalue weighted by molar-refractivity contribution is 7.89. The minimum atomic E-state index is -5.43. The maximum absolute atomic E-state index is 14.4. The van der Waals surface area contributed by atoms with Gasteiger partial charge in [-0.25, -0.2) is 13.4 Å². The number of benzene rings is 2. The molecule has 0 bridgehead atoms. The number of fused-ring (bicyclic) bond motifs is 3. The molecular weight excluding hydrogens is 628 g/mol. The Labute approximate surface area is 232 Å². The zero-order chi connectivity index (χ0) is 28.4. The standard InChI is InChI=1S/C21H16Cl4F6N4O2S/c1-33(38(36,37)9-20(26,27)28)18(21(29,30)31)11-3-4-12(23)15-16(11)34-5-2-6-35(19(34)32-15)17-13(24)7-10(22)8-14(17)25/h3-4,7-8,18H,2,5-6,9H2,1H3. The Morgan fingerprint density at radius 2 is 1.61 bits per heavy atom. The number of imidazole rings is 1. The van der Waals surface area contributed by atoms with E-state index in [1.54, 1.807) is 4.90 Å². The van der Waals surface area contributed by atoms with Gasteiger partial charge in [0, 0.05) is 30.7 Å². The van der Waals surface area contributed by atoms with Crippen molar-refractivity contribution in [2.24, 2.45) is 0 Å². The van der Waals surface area contributed by atoms with Crippen LogP contribution in [0.15, 0.2) is 24.3 Å². The number of aryl methyl sites for hydroxylation is 1. The third-order valence-corrected chi connectivity index (χ3v) is 8.75. The second-order valence-electron chi connectivity index (χ2n) is 8.45. The molecule has 1 aromatic heterocycles. The van der Waals surface area contributed by atoms with E-state index in [9.17, 15) is 34.8 Å².